The molecule has 1 atom stereocenters. The van der Waals surface area contributed by atoms with Gasteiger partial charge in [-0.15, -0.1) is 0 Å². The third kappa shape index (κ3) is 5.25. The van der Waals surface area contributed by atoms with E-state index < -0.39 is 0 Å². The molecular formula is C23H30N4O4. The van der Waals surface area contributed by atoms with Gasteiger partial charge in [-0.2, -0.15) is 0 Å². The van der Waals surface area contributed by atoms with Crippen molar-refractivity contribution in [3.8, 4) is 5.75 Å². The molecule has 2 aliphatic rings. The molecule has 166 valence electrons. The van der Waals surface area contributed by atoms with Crippen molar-refractivity contribution in [2.75, 3.05) is 26.2 Å². The molecule has 0 spiro atoms. The van der Waals surface area contributed by atoms with E-state index in [1.165, 1.54) is 0 Å². The van der Waals surface area contributed by atoms with Gasteiger partial charge in [-0.05, 0) is 32.8 Å². The fourth-order valence-electron chi connectivity index (χ4n) is 4.26. The predicted octanol–water partition coefficient (Wildman–Crippen LogP) is 2.18. The first-order chi connectivity index (χ1) is 15.0. The number of hydrogen-bond donors (Lipinski definition) is 1. The second kappa shape index (κ2) is 9.51. The molecule has 8 nitrogen and oxygen atoms in total. The van der Waals surface area contributed by atoms with Crippen molar-refractivity contribution in [1.29, 1.82) is 0 Å². The van der Waals surface area contributed by atoms with Crippen molar-refractivity contribution in [2.45, 2.75) is 52.2 Å². The number of nitrogens with one attached hydrogen (secondary N) is 1. The van der Waals surface area contributed by atoms with Gasteiger partial charge < -0.3 is 19.5 Å². The minimum atomic E-state index is -0.00370. The van der Waals surface area contributed by atoms with Gasteiger partial charge in [0.1, 0.15) is 18.1 Å². The molecule has 0 saturated carbocycles. The van der Waals surface area contributed by atoms with Gasteiger partial charge in [0.15, 0.2) is 0 Å². The first kappa shape index (κ1) is 21.4. The summed E-state index contributed by atoms with van der Waals surface area (Å²) in [5.74, 6) is 1.75. The first-order valence-corrected chi connectivity index (χ1v) is 10.9. The normalized spacial score (nSPS) is 19.9. The predicted molar refractivity (Wildman–Crippen MR) is 114 cm³/mol. The fraction of sp³-hybridized carbons (Fsp3) is 0.522. The highest BCUT2D eigenvalue weighted by molar-refractivity contribution is 5.79. The fourth-order valence-corrected chi connectivity index (χ4v) is 4.26. The highest BCUT2D eigenvalue weighted by atomic mass is 16.5. The lowest BCUT2D eigenvalue weighted by atomic mass is 10.1. The van der Waals surface area contributed by atoms with Crippen molar-refractivity contribution < 1.29 is 18.8 Å². The maximum absolute atomic E-state index is 12.7. The van der Waals surface area contributed by atoms with Crippen molar-refractivity contribution in [3.63, 3.8) is 0 Å². The molecule has 1 fully saturated rings. The Balaban J connectivity index is 1.30. The van der Waals surface area contributed by atoms with E-state index in [1.54, 1.807) is 0 Å². The largest absolute Gasteiger partial charge is 0.492 e. The Morgan fingerprint density at radius 1 is 1.23 bits per heavy atom. The number of benzene rings is 1. The summed E-state index contributed by atoms with van der Waals surface area (Å²) in [5, 5.41) is 7.12. The lowest BCUT2D eigenvalue weighted by Gasteiger charge is -2.22. The Kier molecular flexibility index (Phi) is 6.56. The number of aromatic nitrogens is 1. The Hall–Kier alpha value is -2.87. The quantitative estimate of drug-likeness (QED) is 0.789. The SMILES string of the molecule is Cc1noc(C)c1CN1CCC(NC(=O)CN2CCOc3ccccc3C2)CCC1=O. The number of likely N-dealkylation sites (tertiary alicyclic amines) is 1. The van der Waals surface area contributed by atoms with Gasteiger partial charge >= 0.3 is 0 Å². The molecule has 1 aromatic heterocycles. The van der Waals surface area contributed by atoms with Gasteiger partial charge in [-0.1, -0.05) is 23.4 Å². The minimum absolute atomic E-state index is 0.00151. The van der Waals surface area contributed by atoms with Crippen molar-refractivity contribution in [3.05, 3.63) is 46.8 Å². The van der Waals surface area contributed by atoms with E-state index in [-0.39, 0.29) is 17.9 Å². The lowest BCUT2D eigenvalue weighted by Crippen LogP contribution is -2.42. The van der Waals surface area contributed by atoms with E-state index in [0.29, 0.717) is 52.2 Å². The number of ether oxygens (including phenoxy) is 1. The van der Waals surface area contributed by atoms with Crippen LogP contribution in [0.1, 0.15) is 41.8 Å². The molecule has 3 heterocycles. The molecule has 1 saturated heterocycles. The number of para-hydroxylation sites is 1. The summed E-state index contributed by atoms with van der Waals surface area (Å²) >= 11 is 0. The maximum atomic E-state index is 12.7. The summed E-state index contributed by atoms with van der Waals surface area (Å²) in [6.07, 6.45) is 1.83. The molecule has 1 unspecified atom stereocenters. The average molecular weight is 427 g/mol. The molecule has 31 heavy (non-hydrogen) atoms. The third-order valence-electron chi connectivity index (χ3n) is 6.10. The topological polar surface area (TPSA) is 87.9 Å². The Morgan fingerprint density at radius 2 is 2.06 bits per heavy atom. The second-order valence-corrected chi connectivity index (χ2v) is 8.38. The number of carbonyl (C=O) groups is 2. The summed E-state index contributed by atoms with van der Waals surface area (Å²) < 4.78 is 11.0. The Morgan fingerprint density at radius 3 is 2.87 bits per heavy atom. The standard InChI is InChI=1S/C23H30N4O4/c1-16-20(17(2)31-25-16)14-27-10-9-19(7-8-23(27)29)24-22(28)15-26-11-12-30-21-6-4-3-5-18(21)13-26/h3-6,19H,7-15H2,1-2H3,(H,24,28). The molecule has 0 radical (unpaired) electrons. The molecule has 2 aliphatic heterocycles. The number of rotatable bonds is 5. The van der Waals surface area contributed by atoms with E-state index in [2.05, 4.69) is 15.4 Å². The summed E-state index contributed by atoms with van der Waals surface area (Å²) in [7, 11) is 0. The average Bonchev–Trinajstić information content (AvgIpc) is 2.90. The Labute approximate surface area is 182 Å². The number of amides is 2. The Bertz CT molecular complexity index is 922. The number of fused-ring (bicyclic) bond motifs is 1. The maximum Gasteiger partial charge on any atom is 0.234 e. The van der Waals surface area contributed by atoms with Gasteiger partial charge in [-0.25, -0.2) is 0 Å². The van der Waals surface area contributed by atoms with Crippen LogP contribution >= 0.6 is 0 Å². The molecule has 1 N–H and O–H groups in total. The zero-order valence-corrected chi connectivity index (χ0v) is 18.2. The zero-order valence-electron chi connectivity index (χ0n) is 18.2. The third-order valence-corrected chi connectivity index (χ3v) is 6.10. The smallest absolute Gasteiger partial charge is 0.234 e. The van der Waals surface area contributed by atoms with Crippen LogP contribution in [0.5, 0.6) is 5.75 Å². The van der Waals surface area contributed by atoms with Crippen LogP contribution in [-0.4, -0.2) is 59.1 Å². The molecular weight excluding hydrogens is 396 g/mol. The molecule has 0 aliphatic carbocycles. The van der Waals surface area contributed by atoms with E-state index >= 15 is 0 Å². The molecule has 2 aromatic rings. The van der Waals surface area contributed by atoms with Crippen LogP contribution in [0.3, 0.4) is 0 Å². The number of aryl methyl sites for hydroxylation is 2. The molecule has 4 rings (SSSR count). The second-order valence-electron chi connectivity index (χ2n) is 8.38. The lowest BCUT2D eigenvalue weighted by molar-refractivity contribution is -0.131. The number of hydrogen-bond acceptors (Lipinski definition) is 6. The first-order valence-electron chi connectivity index (χ1n) is 10.9. The van der Waals surface area contributed by atoms with Gasteiger partial charge in [0.25, 0.3) is 0 Å². The van der Waals surface area contributed by atoms with Crippen LogP contribution in [0.4, 0.5) is 0 Å². The van der Waals surface area contributed by atoms with Crippen LogP contribution in [0.25, 0.3) is 0 Å². The molecule has 2 amide bonds. The van der Waals surface area contributed by atoms with Crippen molar-refractivity contribution >= 4 is 11.8 Å². The van der Waals surface area contributed by atoms with E-state index in [4.69, 9.17) is 9.26 Å². The van der Waals surface area contributed by atoms with Gasteiger partial charge in [0.2, 0.25) is 11.8 Å². The summed E-state index contributed by atoms with van der Waals surface area (Å²) in [6, 6.07) is 7.96. The van der Waals surface area contributed by atoms with Crippen molar-refractivity contribution in [2.24, 2.45) is 0 Å². The van der Waals surface area contributed by atoms with Gasteiger partial charge in [0, 0.05) is 43.2 Å². The van der Waals surface area contributed by atoms with E-state index in [9.17, 15) is 9.59 Å². The van der Waals surface area contributed by atoms with Crippen LogP contribution in [0, 0.1) is 13.8 Å². The highest BCUT2D eigenvalue weighted by Gasteiger charge is 2.26. The molecule has 1 aromatic carbocycles. The van der Waals surface area contributed by atoms with Crippen LogP contribution in [0.2, 0.25) is 0 Å². The van der Waals surface area contributed by atoms with E-state index in [1.807, 2.05) is 43.0 Å². The monoisotopic (exact) mass is 426 g/mol. The molecule has 8 heteroatoms. The minimum Gasteiger partial charge on any atom is -0.492 e. The summed E-state index contributed by atoms with van der Waals surface area (Å²) in [4.78, 5) is 29.3. The van der Waals surface area contributed by atoms with Crippen LogP contribution in [0.15, 0.2) is 28.8 Å². The zero-order chi connectivity index (χ0) is 21.8. The summed E-state index contributed by atoms with van der Waals surface area (Å²) in [6.45, 7) is 7.17. The van der Waals surface area contributed by atoms with Crippen LogP contribution < -0.4 is 10.1 Å². The molecule has 0 bridgehead atoms. The number of nitrogens with zero attached hydrogens (tertiary/aromatic N) is 3. The van der Waals surface area contributed by atoms with Gasteiger partial charge in [0.05, 0.1) is 18.8 Å². The van der Waals surface area contributed by atoms with Crippen LogP contribution in [-0.2, 0) is 22.7 Å². The number of carbonyl (C=O) groups excluding carboxylic acids is 2. The van der Waals surface area contributed by atoms with Crippen molar-refractivity contribution in [1.82, 2.24) is 20.3 Å². The summed E-state index contributed by atoms with van der Waals surface area (Å²) in [5.41, 5.74) is 2.89. The highest BCUT2D eigenvalue weighted by Crippen LogP contribution is 2.22. The van der Waals surface area contributed by atoms with E-state index in [0.717, 1.165) is 34.8 Å². The van der Waals surface area contributed by atoms with Gasteiger partial charge in [-0.3, -0.25) is 14.5 Å².